The molecule has 0 spiro atoms. The van der Waals surface area contributed by atoms with E-state index in [1.165, 1.54) is 12.1 Å². The van der Waals surface area contributed by atoms with E-state index in [1.807, 2.05) is 13.0 Å². The molecule has 0 amide bonds. The van der Waals surface area contributed by atoms with Crippen molar-refractivity contribution in [2.24, 2.45) is 0 Å². The van der Waals surface area contributed by atoms with Crippen molar-refractivity contribution in [3.8, 4) is 0 Å². The Morgan fingerprint density at radius 1 is 1.20 bits per heavy atom. The molecule has 3 nitrogen and oxygen atoms in total. The van der Waals surface area contributed by atoms with Gasteiger partial charge in [0.1, 0.15) is 11.6 Å². The molecule has 0 atom stereocenters. The van der Waals surface area contributed by atoms with Gasteiger partial charge in [-0.2, -0.15) is 5.10 Å². The topological polar surface area (TPSA) is 41.6 Å². The summed E-state index contributed by atoms with van der Waals surface area (Å²) in [6.07, 6.45) is 3.61. The minimum absolute atomic E-state index is 0.235. The molecular formula is C11H10FN3. The van der Waals surface area contributed by atoms with Crippen LogP contribution < -0.4 is 0 Å². The van der Waals surface area contributed by atoms with E-state index < -0.39 is 0 Å². The van der Waals surface area contributed by atoms with Crippen LogP contribution in [0.25, 0.3) is 12.2 Å². The van der Waals surface area contributed by atoms with Gasteiger partial charge in [-0.15, -0.1) is 0 Å². The first kappa shape index (κ1) is 9.58. The Bertz CT molecular complexity index is 471. The molecule has 1 N–H and O–H groups in total. The Morgan fingerprint density at radius 3 is 2.53 bits per heavy atom. The van der Waals surface area contributed by atoms with Gasteiger partial charge in [0.05, 0.1) is 0 Å². The lowest BCUT2D eigenvalue weighted by Crippen LogP contribution is -1.77. The normalized spacial score (nSPS) is 11.1. The third-order valence-electron chi connectivity index (χ3n) is 1.91. The Hall–Kier alpha value is -1.97. The SMILES string of the molecule is Cc1nc(/C=C/c2ccc(F)cc2)n[nH]1. The van der Waals surface area contributed by atoms with Crippen LogP contribution in [0.15, 0.2) is 24.3 Å². The third-order valence-corrected chi connectivity index (χ3v) is 1.91. The second kappa shape index (κ2) is 4.04. The minimum atomic E-state index is -0.235. The van der Waals surface area contributed by atoms with Gasteiger partial charge in [0.2, 0.25) is 0 Å². The molecular weight excluding hydrogens is 193 g/mol. The zero-order valence-corrected chi connectivity index (χ0v) is 8.24. The number of hydrogen-bond donors (Lipinski definition) is 1. The molecule has 0 aliphatic rings. The molecule has 0 unspecified atom stereocenters. The molecule has 0 aliphatic carbocycles. The number of aromatic amines is 1. The highest BCUT2D eigenvalue weighted by molar-refractivity contribution is 5.66. The number of aryl methyl sites for hydroxylation is 1. The number of aromatic nitrogens is 3. The van der Waals surface area contributed by atoms with Crippen molar-refractivity contribution in [1.29, 1.82) is 0 Å². The second-order valence-corrected chi connectivity index (χ2v) is 3.16. The van der Waals surface area contributed by atoms with Crippen LogP contribution in [0.1, 0.15) is 17.2 Å². The summed E-state index contributed by atoms with van der Waals surface area (Å²) in [5, 5.41) is 6.69. The van der Waals surface area contributed by atoms with Gasteiger partial charge in [-0.3, -0.25) is 5.10 Å². The van der Waals surface area contributed by atoms with Crippen molar-refractivity contribution in [3.05, 3.63) is 47.3 Å². The van der Waals surface area contributed by atoms with Gasteiger partial charge in [-0.05, 0) is 30.7 Å². The predicted molar refractivity (Wildman–Crippen MR) is 56.4 cm³/mol. The third kappa shape index (κ3) is 2.49. The zero-order chi connectivity index (χ0) is 10.7. The van der Waals surface area contributed by atoms with E-state index in [-0.39, 0.29) is 5.82 Å². The summed E-state index contributed by atoms with van der Waals surface area (Å²) in [6, 6.07) is 6.24. The summed E-state index contributed by atoms with van der Waals surface area (Å²) in [5.41, 5.74) is 0.916. The molecule has 4 heteroatoms. The van der Waals surface area contributed by atoms with Crippen molar-refractivity contribution < 1.29 is 4.39 Å². The number of nitrogens with one attached hydrogen (secondary N) is 1. The van der Waals surface area contributed by atoms with Crippen molar-refractivity contribution in [3.63, 3.8) is 0 Å². The van der Waals surface area contributed by atoms with Crippen molar-refractivity contribution in [1.82, 2.24) is 15.2 Å². The van der Waals surface area contributed by atoms with Crippen LogP contribution in [0.2, 0.25) is 0 Å². The summed E-state index contributed by atoms with van der Waals surface area (Å²) in [5.74, 6) is 1.16. The largest absolute Gasteiger partial charge is 0.263 e. The molecule has 0 radical (unpaired) electrons. The monoisotopic (exact) mass is 203 g/mol. The second-order valence-electron chi connectivity index (χ2n) is 3.16. The lowest BCUT2D eigenvalue weighted by Gasteiger charge is -1.91. The van der Waals surface area contributed by atoms with Gasteiger partial charge >= 0.3 is 0 Å². The molecule has 1 aromatic heterocycles. The summed E-state index contributed by atoms with van der Waals surface area (Å²) in [4.78, 5) is 4.12. The number of hydrogen-bond acceptors (Lipinski definition) is 2. The highest BCUT2D eigenvalue weighted by atomic mass is 19.1. The first-order valence-corrected chi connectivity index (χ1v) is 4.57. The molecule has 2 aromatic rings. The lowest BCUT2D eigenvalue weighted by molar-refractivity contribution is 0.628. The van der Waals surface area contributed by atoms with Crippen molar-refractivity contribution >= 4 is 12.2 Å². The fourth-order valence-electron chi connectivity index (χ4n) is 1.18. The standard InChI is InChI=1S/C11H10FN3/c1-8-13-11(15-14-8)7-4-9-2-5-10(12)6-3-9/h2-7H,1H3,(H,13,14,15)/b7-4+. The van der Waals surface area contributed by atoms with Crippen molar-refractivity contribution in [2.45, 2.75) is 6.92 Å². The average molecular weight is 203 g/mol. The van der Waals surface area contributed by atoms with E-state index in [9.17, 15) is 4.39 Å². The fourth-order valence-corrected chi connectivity index (χ4v) is 1.18. The molecule has 2 rings (SSSR count). The summed E-state index contributed by atoms with van der Waals surface area (Å²) >= 11 is 0. The number of halogens is 1. The summed E-state index contributed by atoms with van der Waals surface area (Å²) in [7, 11) is 0. The van der Waals surface area contributed by atoms with Crippen LogP contribution in [-0.2, 0) is 0 Å². The Balaban J connectivity index is 2.14. The zero-order valence-electron chi connectivity index (χ0n) is 8.24. The first-order valence-electron chi connectivity index (χ1n) is 4.57. The Labute approximate surface area is 86.7 Å². The smallest absolute Gasteiger partial charge is 0.173 e. The average Bonchev–Trinajstić information content (AvgIpc) is 2.64. The van der Waals surface area contributed by atoms with Crippen LogP contribution in [-0.4, -0.2) is 15.2 Å². The molecule has 0 fully saturated rings. The van der Waals surface area contributed by atoms with Gasteiger partial charge in [-0.1, -0.05) is 18.2 Å². The van der Waals surface area contributed by atoms with Gasteiger partial charge in [-0.25, -0.2) is 9.37 Å². The maximum atomic E-state index is 12.6. The molecule has 1 heterocycles. The number of rotatable bonds is 2. The fraction of sp³-hybridized carbons (Fsp3) is 0.0909. The molecule has 0 saturated carbocycles. The Morgan fingerprint density at radius 2 is 1.93 bits per heavy atom. The molecule has 0 aliphatic heterocycles. The lowest BCUT2D eigenvalue weighted by atomic mass is 10.2. The van der Waals surface area contributed by atoms with Gasteiger partial charge in [0, 0.05) is 0 Å². The quantitative estimate of drug-likeness (QED) is 0.814. The maximum Gasteiger partial charge on any atom is 0.173 e. The predicted octanol–water partition coefficient (Wildman–Crippen LogP) is 2.42. The first-order chi connectivity index (χ1) is 7.24. The van der Waals surface area contributed by atoms with Crippen LogP contribution >= 0.6 is 0 Å². The summed E-state index contributed by atoms with van der Waals surface area (Å²) < 4.78 is 12.6. The molecule has 0 saturated heterocycles. The molecule has 76 valence electrons. The molecule has 1 aromatic carbocycles. The van der Waals surface area contributed by atoms with E-state index in [0.29, 0.717) is 5.82 Å². The van der Waals surface area contributed by atoms with E-state index in [2.05, 4.69) is 15.2 Å². The van der Waals surface area contributed by atoms with Crippen LogP contribution in [0.5, 0.6) is 0 Å². The van der Waals surface area contributed by atoms with Gasteiger partial charge in [0.15, 0.2) is 5.82 Å². The number of nitrogens with zero attached hydrogens (tertiary/aromatic N) is 2. The van der Waals surface area contributed by atoms with Crippen LogP contribution in [0.4, 0.5) is 4.39 Å². The van der Waals surface area contributed by atoms with E-state index in [0.717, 1.165) is 11.4 Å². The highest BCUT2D eigenvalue weighted by Crippen LogP contribution is 2.06. The van der Waals surface area contributed by atoms with Crippen LogP contribution in [0, 0.1) is 12.7 Å². The number of benzene rings is 1. The number of H-pyrrole nitrogens is 1. The van der Waals surface area contributed by atoms with Crippen molar-refractivity contribution in [2.75, 3.05) is 0 Å². The maximum absolute atomic E-state index is 12.6. The molecule has 15 heavy (non-hydrogen) atoms. The van der Waals surface area contributed by atoms with E-state index in [1.54, 1.807) is 18.2 Å². The van der Waals surface area contributed by atoms with E-state index >= 15 is 0 Å². The van der Waals surface area contributed by atoms with Gasteiger partial charge < -0.3 is 0 Å². The summed E-state index contributed by atoms with van der Waals surface area (Å²) in [6.45, 7) is 1.84. The van der Waals surface area contributed by atoms with Gasteiger partial charge in [0.25, 0.3) is 0 Å². The highest BCUT2D eigenvalue weighted by Gasteiger charge is 1.93. The van der Waals surface area contributed by atoms with E-state index in [4.69, 9.17) is 0 Å². The minimum Gasteiger partial charge on any atom is -0.263 e. The Kier molecular flexibility index (Phi) is 2.58. The van der Waals surface area contributed by atoms with Crippen LogP contribution in [0.3, 0.4) is 0 Å². The molecule has 0 bridgehead atoms.